The number of benzene rings is 1. The highest BCUT2D eigenvalue weighted by molar-refractivity contribution is 8.00. The van der Waals surface area contributed by atoms with Gasteiger partial charge in [-0.1, -0.05) is 23.9 Å². The van der Waals surface area contributed by atoms with Crippen LogP contribution in [0.25, 0.3) is 10.9 Å². The molecule has 16 heavy (non-hydrogen) atoms. The van der Waals surface area contributed by atoms with Crippen molar-refractivity contribution < 1.29 is 4.79 Å². The second-order valence-corrected chi connectivity index (χ2v) is 4.42. The third kappa shape index (κ3) is 2.43. The average Bonchev–Trinajstić information content (AvgIpc) is 2.26. The van der Waals surface area contributed by atoms with Gasteiger partial charge in [-0.15, -0.1) is 0 Å². The van der Waals surface area contributed by atoms with Crippen molar-refractivity contribution in [3.05, 3.63) is 34.6 Å². The van der Waals surface area contributed by atoms with Crippen molar-refractivity contribution in [3.63, 3.8) is 0 Å². The molecule has 0 unspecified atom stereocenters. The van der Waals surface area contributed by atoms with E-state index < -0.39 is 5.24 Å². The van der Waals surface area contributed by atoms with Crippen molar-refractivity contribution in [1.29, 1.82) is 0 Å². The number of para-hydroxylation sites is 1. The predicted molar refractivity (Wildman–Crippen MR) is 63.9 cm³/mol. The van der Waals surface area contributed by atoms with E-state index in [4.69, 9.17) is 11.6 Å². The van der Waals surface area contributed by atoms with E-state index in [1.807, 2.05) is 0 Å². The van der Waals surface area contributed by atoms with Crippen molar-refractivity contribution in [1.82, 2.24) is 9.97 Å². The van der Waals surface area contributed by atoms with Crippen LogP contribution in [-0.4, -0.2) is 21.0 Å². The van der Waals surface area contributed by atoms with Crippen LogP contribution in [0.2, 0.25) is 0 Å². The summed E-state index contributed by atoms with van der Waals surface area (Å²) in [5, 5.41) is 0.461. The Bertz CT molecular complexity index is 597. The number of halogens is 1. The first kappa shape index (κ1) is 11.2. The second-order valence-electron chi connectivity index (χ2n) is 3.03. The molecule has 1 aromatic heterocycles. The molecule has 0 fully saturated rings. The summed E-state index contributed by atoms with van der Waals surface area (Å²) >= 11 is 6.32. The smallest absolute Gasteiger partial charge is 0.259 e. The van der Waals surface area contributed by atoms with E-state index in [0.29, 0.717) is 16.1 Å². The monoisotopic (exact) mass is 254 g/mol. The number of thioether (sulfide) groups is 1. The lowest BCUT2D eigenvalue weighted by Gasteiger charge is -2.00. The SMILES string of the molecule is O=C(Cl)CSc1nc2ccccc2c(=O)[nH]1. The third-order valence-electron chi connectivity index (χ3n) is 1.91. The highest BCUT2D eigenvalue weighted by Crippen LogP contribution is 2.14. The van der Waals surface area contributed by atoms with Crippen LogP contribution >= 0.6 is 23.4 Å². The fourth-order valence-corrected chi connectivity index (χ4v) is 2.00. The molecule has 0 amide bonds. The van der Waals surface area contributed by atoms with Gasteiger partial charge in [-0.3, -0.25) is 9.59 Å². The maximum Gasteiger partial charge on any atom is 0.259 e. The fraction of sp³-hybridized carbons (Fsp3) is 0.100. The zero-order chi connectivity index (χ0) is 11.5. The Morgan fingerprint density at radius 1 is 1.44 bits per heavy atom. The Morgan fingerprint density at radius 3 is 2.94 bits per heavy atom. The molecule has 1 N–H and O–H groups in total. The second kappa shape index (κ2) is 4.67. The molecular formula is C10H7ClN2O2S. The summed E-state index contributed by atoms with van der Waals surface area (Å²) in [7, 11) is 0. The molecule has 0 aliphatic heterocycles. The zero-order valence-electron chi connectivity index (χ0n) is 8.07. The number of nitrogens with zero attached hydrogens (tertiary/aromatic N) is 1. The van der Waals surface area contributed by atoms with Crippen LogP contribution < -0.4 is 5.56 Å². The molecule has 1 heterocycles. The van der Waals surface area contributed by atoms with Gasteiger partial charge in [0.1, 0.15) is 0 Å². The Balaban J connectivity index is 2.42. The number of nitrogens with one attached hydrogen (secondary N) is 1. The average molecular weight is 255 g/mol. The number of hydrogen-bond donors (Lipinski definition) is 1. The summed E-state index contributed by atoms with van der Waals surface area (Å²) in [5.74, 6) is 0.0861. The van der Waals surface area contributed by atoms with Gasteiger partial charge in [0.05, 0.1) is 16.7 Å². The third-order valence-corrected chi connectivity index (χ3v) is 3.08. The van der Waals surface area contributed by atoms with Gasteiger partial charge in [0.2, 0.25) is 5.24 Å². The van der Waals surface area contributed by atoms with E-state index in [-0.39, 0.29) is 11.3 Å². The summed E-state index contributed by atoms with van der Waals surface area (Å²) < 4.78 is 0. The van der Waals surface area contributed by atoms with Crippen LogP contribution in [0.4, 0.5) is 0 Å². The summed E-state index contributed by atoms with van der Waals surface area (Å²) in [6.07, 6.45) is 0. The molecular weight excluding hydrogens is 248 g/mol. The molecule has 4 nitrogen and oxygen atoms in total. The topological polar surface area (TPSA) is 62.8 Å². The van der Waals surface area contributed by atoms with E-state index in [1.165, 1.54) is 0 Å². The van der Waals surface area contributed by atoms with Crippen molar-refractivity contribution in [3.8, 4) is 0 Å². The number of aromatic amines is 1. The first-order valence-electron chi connectivity index (χ1n) is 4.47. The van der Waals surface area contributed by atoms with Crippen LogP contribution in [0.3, 0.4) is 0 Å². The standard InChI is InChI=1S/C10H7ClN2O2S/c11-8(14)5-16-10-12-7-4-2-1-3-6(7)9(15)13-10/h1-4H,5H2,(H,12,13,15). The number of H-pyrrole nitrogens is 1. The van der Waals surface area contributed by atoms with Crippen molar-refractivity contribution in [2.75, 3.05) is 5.75 Å². The maximum absolute atomic E-state index is 11.6. The van der Waals surface area contributed by atoms with E-state index in [2.05, 4.69) is 9.97 Å². The number of carbonyl (C=O) groups excluding carboxylic acids is 1. The van der Waals surface area contributed by atoms with Gasteiger partial charge in [-0.25, -0.2) is 4.98 Å². The first-order valence-corrected chi connectivity index (χ1v) is 5.83. The highest BCUT2D eigenvalue weighted by Gasteiger charge is 2.05. The Morgan fingerprint density at radius 2 is 2.19 bits per heavy atom. The normalized spacial score (nSPS) is 10.6. The molecule has 0 aliphatic carbocycles. The number of carbonyl (C=O) groups is 1. The quantitative estimate of drug-likeness (QED) is 0.515. The Hall–Kier alpha value is -1.33. The molecule has 0 spiro atoms. The summed E-state index contributed by atoms with van der Waals surface area (Å²) in [6, 6.07) is 7.02. The Kier molecular flexibility index (Phi) is 3.26. The first-order chi connectivity index (χ1) is 7.66. The van der Waals surface area contributed by atoms with Crippen LogP contribution in [-0.2, 0) is 4.79 Å². The van der Waals surface area contributed by atoms with Gasteiger partial charge in [-0.2, -0.15) is 0 Å². The molecule has 1 aromatic carbocycles. The minimum absolute atomic E-state index is 0.0861. The molecule has 0 aliphatic rings. The lowest BCUT2D eigenvalue weighted by Crippen LogP contribution is -2.09. The van der Waals surface area contributed by atoms with Crippen LogP contribution in [0.5, 0.6) is 0 Å². The molecule has 2 aromatic rings. The van der Waals surface area contributed by atoms with E-state index >= 15 is 0 Å². The van der Waals surface area contributed by atoms with Crippen LogP contribution in [0, 0.1) is 0 Å². The molecule has 6 heteroatoms. The lowest BCUT2D eigenvalue weighted by atomic mass is 10.2. The minimum atomic E-state index is -0.471. The summed E-state index contributed by atoms with van der Waals surface area (Å²) in [5.41, 5.74) is 0.394. The van der Waals surface area contributed by atoms with Gasteiger partial charge >= 0.3 is 0 Å². The van der Waals surface area contributed by atoms with Gasteiger partial charge in [0.15, 0.2) is 5.16 Å². The fourth-order valence-electron chi connectivity index (χ4n) is 1.26. The minimum Gasteiger partial charge on any atom is -0.301 e. The van der Waals surface area contributed by atoms with Gasteiger partial charge in [0.25, 0.3) is 5.56 Å². The van der Waals surface area contributed by atoms with Crippen molar-refractivity contribution in [2.45, 2.75) is 5.16 Å². The van der Waals surface area contributed by atoms with Crippen molar-refractivity contribution >= 4 is 39.5 Å². The lowest BCUT2D eigenvalue weighted by molar-refractivity contribution is -0.109. The molecule has 82 valence electrons. The summed E-state index contributed by atoms with van der Waals surface area (Å²) in [4.78, 5) is 29.0. The van der Waals surface area contributed by atoms with Crippen molar-refractivity contribution in [2.24, 2.45) is 0 Å². The Labute approximate surface area is 100 Å². The summed E-state index contributed by atoms with van der Waals surface area (Å²) in [6.45, 7) is 0. The number of hydrogen-bond acceptors (Lipinski definition) is 4. The van der Waals surface area contributed by atoms with Gasteiger partial charge < -0.3 is 4.98 Å². The molecule has 0 atom stereocenters. The number of aromatic nitrogens is 2. The van der Waals surface area contributed by atoms with E-state index in [1.54, 1.807) is 24.3 Å². The van der Waals surface area contributed by atoms with Gasteiger partial charge in [0, 0.05) is 0 Å². The van der Waals surface area contributed by atoms with Gasteiger partial charge in [-0.05, 0) is 23.7 Å². The van der Waals surface area contributed by atoms with E-state index in [9.17, 15) is 9.59 Å². The zero-order valence-corrected chi connectivity index (χ0v) is 9.64. The largest absolute Gasteiger partial charge is 0.301 e. The molecule has 0 radical (unpaired) electrons. The molecule has 2 rings (SSSR count). The molecule has 0 saturated carbocycles. The molecule has 0 saturated heterocycles. The van der Waals surface area contributed by atoms with Crippen LogP contribution in [0.15, 0.2) is 34.2 Å². The highest BCUT2D eigenvalue weighted by atomic mass is 35.5. The number of rotatable bonds is 3. The maximum atomic E-state index is 11.6. The molecule has 0 bridgehead atoms. The van der Waals surface area contributed by atoms with E-state index in [0.717, 1.165) is 11.8 Å². The number of fused-ring (bicyclic) bond motifs is 1. The van der Waals surface area contributed by atoms with Crippen LogP contribution in [0.1, 0.15) is 0 Å². The predicted octanol–water partition coefficient (Wildman–Crippen LogP) is 1.78.